The maximum Gasteiger partial charge on any atom is 0.337 e. The van der Waals surface area contributed by atoms with Gasteiger partial charge in [-0.2, -0.15) is 12.6 Å². The first-order valence-electron chi connectivity index (χ1n) is 5.00. The number of halogens is 1. The van der Waals surface area contributed by atoms with Crippen molar-refractivity contribution < 1.29 is 14.7 Å². The Morgan fingerprint density at radius 1 is 1.53 bits per heavy atom. The zero-order valence-corrected chi connectivity index (χ0v) is 11.8. The van der Waals surface area contributed by atoms with Crippen LogP contribution in [0.15, 0.2) is 18.2 Å². The lowest BCUT2D eigenvalue weighted by molar-refractivity contribution is -0.117. The van der Waals surface area contributed by atoms with Gasteiger partial charge in [-0.05, 0) is 40.8 Å². The molecule has 4 nitrogen and oxygen atoms in total. The third-order valence-corrected chi connectivity index (χ3v) is 3.60. The molecular formula is C11H10INO3S. The summed E-state index contributed by atoms with van der Waals surface area (Å²) in [7, 11) is 0. The number of hydrogen-bond donors (Lipinski definition) is 2. The van der Waals surface area contributed by atoms with Crippen LogP contribution in [0, 0.1) is 3.57 Å². The van der Waals surface area contributed by atoms with E-state index in [-0.39, 0.29) is 16.7 Å². The summed E-state index contributed by atoms with van der Waals surface area (Å²) in [5.41, 5.74) is 0.618. The van der Waals surface area contributed by atoms with Crippen molar-refractivity contribution in [1.82, 2.24) is 0 Å². The lowest BCUT2D eigenvalue weighted by Gasteiger charge is -2.18. The van der Waals surface area contributed by atoms with Gasteiger partial charge in [0.2, 0.25) is 5.91 Å². The molecule has 90 valence electrons. The van der Waals surface area contributed by atoms with Gasteiger partial charge in [-0.15, -0.1) is 0 Å². The van der Waals surface area contributed by atoms with Crippen molar-refractivity contribution in [1.29, 1.82) is 0 Å². The lowest BCUT2D eigenvalue weighted by atomic mass is 10.1. The molecule has 1 amide bonds. The van der Waals surface area contributed by atoms with Crippen molar-refractivity contribution in [3.63, 3.8) is 0 Å². The number of carbonyl (C=O) groups excluding carboxylic acids is 1. The minimum absolute atomic E-state index is 0.0259. The van der Waals surface area contributed by atoms with Crippen molar-refractivity contribution in [3.8, 4) is 0 Å². The number of rotatable bonds is 2. The maximum absolute atomic E-state index is 11.8. The number of nitrogens with zero attached hydrogens (tertiary/aromatic N) is 1. The fourth-order valence-corrected chi connectivity index (χ4v) is 2.62. The van der Waals surface area contributed by atoms with E-state index in [2.05, 4.69) is 35.2 Å². The fourth-order valence-electron chi connectivity index (χ4n) is 1.83. The van der Waals surface area contributed by atoms with Gasteiger partial charge in [0, 0.05) is 21.8 Å². The highest BCUT2D eigenvalue weighted by atomic mass is 127. The highest BCUT2D eigenvalue weighted by molar-refractivity contribution is 14.1. The first-order valence-corrected chi connectivity index (χ1v) is 6.60. The monoisotopic (exact) mass is 363 g/mol. The molecule has 1 atom stereocenters. The number of hydrogen-bond acceptors (Lipinski definition) is 3. The van der Waals surface area contributed by atoms with Gasteiger partial charge in [0.05, 0.1) is 11.3 Å². The van der Waals surface area contributed by atoms with Crippen LogP contribution in [0.4, 0.5) is 5.69 Å². The average Bonchev–Trinajstić information content (AvgIpc) is 2.57. The summed E-state index contributed by atoms with van der Waals surface area (Å²) in [5, 5.41) is 9.08. The fraction of sp³-hybridized carbons (Fsp3) is 0.273. The van der Waals surface area contributed by atoms with E-state index in [1.165, 1.54) is 11.0 Å². The first-order chi connectivity index (χ1) is 7.99. The SMILES string of the molecule is O=C(O)c1ccc(I)cc1N1CC(S)CC1=O. The molecule has 0 saturated carbocycles. The summed E-state index contributed by atoms with van der Waals surface area (Å²) in [6, 6.07) is 4.96. The highest BCUT2D eigenvalue weighted by Gasteiger charge is 2.30. The Bertz CT molecular complexity index is 492. The van der Waals surface area contributed by atoms with Crippen molar-refractivity contribution >= 4 is 52.8 Å². The number of thiol groups is 1. The zero-order valence-electron chi connectivity index (χ0n) is 8.76. The quantitative estimate of drug-likeness (QED) is 0.625. The van der Waals surface area contributed by atoms with Gasteiger partial charge in [-0.1, -0.05) is 0 Å². The number of carboxylic acid groups (broad SMARTS) is 1. The van der Waals surface area contributed by atoms with Crippen LogP contribution in [0.25, 0.3) is 0 Å². The largest absolute Gasteiger partial charge is 0.478 e. The minimum atomic E-state index is -1.02. The molecule has 2 rings (SSSR count). The molecule has 1 fully saturated rings. The van der Waals surface area contributed by atoms with Crippen LogP contribution >= 0.6 is 35.2 Å². The predicted molar refractivity (Wildman–Crippen MR) is 75.9 cm³/mol. The van der Waals surface area contributed by atoms with Gasteiger partial charge in [0.1, 0.15) is 0 Å². The van der Waals surface area contributed by atoms with E-state index in [9.17, 15) is 9.59 Å². The summed E-state index contributed by atoms with van der Waals surface area (Å²) < 4.78 is 0.901. The van der Waals surface area contributed by atoms with Crippen LogP contribution in [0.5, 0.6) is 0 Å². The van der Waals surface area contributed by atoms with Crippen molar-refractivity contribution in [2.45, 2.75) is 11.7 Å². The van der Waals surface area contributed by atoms with E-state index >= 15 is 0 Å². The number of amides is 1. The smallest absolute Gasteiger partial charge is 0.337 e. The summed E-state index contributed by atoms with van der Waals surface area (Å²) in [6.45, 7) is 0.461. The normalized spacial score (nSPS) is 19.8. The van der Waals surface area contributed by atoms with E-state index in [0.717, 1.165) is 3.57 Å². The zero-order chi connectivity index (χ0) is 12.6. The summed E-state index contributed by atoms with van der Waals surface area (Å²) in [5.74, 6) is -1.10. The molecule has 0 aliphatic carbocycles. The second-order valence-electron chi connectivity index (χ2n) is 3.83. The van der Waals surface area contributed by atoms with Crippen LogP contribution in [0.1, 0.15) is 16.8 Å². The molecule has 17 heavy (non-hydrogen) atoms. The van der Waals surface area contributed by atoms with E-state index in [0.29, 0.717) is 18.7 Å². The molecule has 1 saturated heterocycles. The van der Waals surface area contributed by atoms with Crippen LogP contribution in [0.2, 0.25) is 0 Å². The highest BCUT2D eigenvalue weighted by Crippen LogP contribution is 2.29. The number of benzene rings is 1. The lowest BCUT2D eigenvalue weighted by Crippen LogP contribution is -2.26. The van der Waals surface area contributed by atoms with Gasteiger partial charge in [0.15, 0.2) is 0 Å². The third-order valence-electron chi connectivity index (χ3n) is 2.59. The molecule has 1 heterocycles. The van der Waals surface area contributed by atoms with Crippen molar-refractivity contribution in [2.75, 3.05) is 11.4 Å². The standard InChI is InChI=1S/C11H10INO3S/c12-6-1-2-8(11(15)16)9(3-6)13-5-7(17)4-10(13)14/h1-3,7,17H,4-5H2,(H,15,16). The number of carbonyl (C=O) groups is 2. The van der Waals surface area contributed by atoms with Gasteiger partial charge in [-0.3, -0.25) is 4.79 Å². The van der Waals surface area contributed by atoms with Gasteiger partial charge in [0.25, 0.3) is 0 Å². The third kappa shape index (κ3) is 2.57. The van der Waals surface area contributed by atoms with Gasteiger partial charge >= 0.3 is 5.97 Å². The van der Waals surface area contributed by atoms with Crippen LogP contribution in [0.3, 0.4) is 0 Å². The molecule has 1 aromatic carbocycles. The Morgan fingerprint density at radius 2 is 2.24 bits per heavy atom. The molecule has 0 radical (unpaired) electrons. The maximum atomic E-state index is 11.8. The topological polar surface area (TPSA) is 57.6 Å². The van der Waals surface area contributed by atoms with Crippen LogP contribution in [-0.2, 0) is 4.79 Å². The second-order valence-corrected chi connectivity index (χ2v) is 5.80. The Morgan fingerprint density at radius 3 is 2.76 bits per heavy atom. The van der Waals surface area contributed by atoms with Gasteiger partial charge < -0.3 is 10.0 Å². The molecule has 1 unspecified atom stereocenters. The molecule has 1 aromatic rings. The van der Waals surface area contributed by atoms with Crippen LogP contribution in [-0.4, -0.2) is 28.8 Å². The first kappa shape index (κ1) is 12.7. The molecule has 0 aromatic heterocycles. The Kier molecular flexibility index (Phi) is 3.62. The van der Waals surface area contributed by atoms with E-state index in [4.69, 9.17) is 5.11 Å². The predicted octanol–water partition coefficient (Wildman–Crippen LogP) is 2.02. The van der Waals surface area contributed by atoms with E-state index in [1.807, 2.05) is 0 Å². The molecule has 0 bridgehead atoms. The molecule has 1 aliphatic rings. The number of aromatic carboxylic acids is 1. The van der Waals surface area contributed by atoms with E-state index in [1.54, 1.807) is 12.1 Å². The second kappa shape index (κ2) is 4.85. The Balaban J connectivity index is 2.46. The van der Waals surface area contributed by atoms with Crippen molar-refractivity contribution in [3.05, 3.63) is 27.3 Å². The summed E-state index contributed by atoms with van der Waals surface area (Å²) >= 11 is 6.36. The molecule has 1 N–H and O–H groups in total. The van der Waals surface area contributed by atoms with E-state index < -0.39 is 5.97 Å². The number of anilines is 1. The van der Waals surface area contributed by atoms with Crippen molar-refractivity contribution in [2.24, 2.45) is 0 Å². The number of carboxylic acids is 1. The Hall–Kier alpha value is -0.760. The molecular weight excluding hydrogens is 353 g/mol. The summed E-state index contributed by atoms with van der Waals surface area (Å²) in [6.07, 6.45) is 0.355. The van der Waals surface area contributed by atoms with Gasteiger partial charge in [-0.25, -0.2) is 4.79 Å². The summed E-state index contributed by atoms with van der Waals surface area (Å²) in [4.78, 5) is 24.4. The molecule has 0 spiro atoms. The molecule has 1 aliphatic heterocycles. The molecule has 6 heteroatoms. The average molecular weight is 363 g/mol. The van der Waals surface area contributed by atoms with Crippen LogP contribution < -0.4 is 4.90 Å². The Labute approximate surface area is 118 Å². The minimum Gasteiger partial charge on any atom is -0.478 e.